The van der Waals surface area contributed by atoms with Gasteiger partial charge in [-0.05, 0) is 48.7 Å². The van der Waals surface area contributed by atoms with E-state index in [0.717, 1.165) is 34.9 Å². The third-order valence-corrected chi connectivity index (χ3v) is 3.93. The molecule has 4 heteroatoms. The van der Waals surface area contributed by atoms with Crippen LogP contribution in [0.2, 0.25) is 5.02 Å². The number of pyridine rings is 1. The van der Waals surface area contributed by atoms with Crippen LogP contribution < -0.4 is 10.1 Å². The molecule has 112 valence electrons. The van der Waals surface area contributed by atoms with Crippen LogP contribution in [0.5, 0.6) is 5.75 Å². The van der Waals surface area contributed by atoms with Crippen molar-refractivity contribution in [2.75, 3.05) is 13.7 Å². The Balaban J connectivity index is 2.44. The summed E-state index contributed by atoms with van der Waals surface area (Å²) in [5.74, 6) is 0.760. The Morgan fingerprint density at radius 3 is 2.86 bits per heavy atom. The highest BCUT2D eigenvalue weighted by Crippen LogP contribution is 2.29. The first kappa shape index (κ1) is 15.8. The zero-order valence-corrected chi connectivity index (χ0v) is 13.4. The quantitative estimate of drug-likeness (QED) is 0.871. The molecule has 2 rings (SSSR count). The summed E-state index contributed by atoms with van der Waals surface area (Å²) in [5.41, 5.74) is 3.34. The average molecular weight is 305 g/mol. The number of rotatable bonds is 6. The molecular weight excluding hydrogens is 284 g/mol. The van der Waals surface area contributed by atoms with E-state index in [1.165, 1.54) is 5.56 Å². The first-order valence-corrected chi connectivity index (χ1v) is 7.52. The molecule has 3 nitrogen and oxygen atoms in total. The number of benzene rings is 1. The van der Waals surface area contributed by atoms with Crippen molar-refractivity contribution in [2.45, 2.75) is 26.3 Å². The number of nitrogens with zero attached hydrogens (tertiary/aromatic N) is 1. The van der Waals surface area contributed by atoms with E-state index in [-0.39, 0.29) is 6.04 Å². The standard InChI is InChI=1S/C17H21ClN2O/c1-4-8-20-17(13-9-14(21-3)11-19-10-13)15-6-5-7-16(18)12(15)2/h5-7,9-11,17,20H,4,8H2,1-3H3. The molecule has 0 aliphatic carbocycles. The van der Waals surface area contributed by atoms with Crippen molar-refractivity contribution in [3.63, 3.8) is 0 Å². The number of hydrogen-bond donors (Lipinski definition) is 1. The van der Waals surface area contributed by atoms with E-state index in [4.69, 9.17) is 16.3 Å². The topological polar surface area (TPSA) is 34.2 Å². The van der Waals surface area contributed by atoms with Crippen molar-refractivity contribution < 1.29 is 4.74 Å². The number of halogens is 1. The lowest BCUT2D eigenvalue weighted by atomic mass is 9.95. The monoisotopic (exact) mass is 304 g/mol. The number of methoxy groups -OCH3 is 1. The number of aromatic nitrogens is 1. The van der Waals surface area contributed by atoms with Gasteiger partial charge in [-0.1, -0.05) is 30.7 Å². The molecule has 0 spiro atoms. The Morgan fingerprint density at radius 2 is 2.14 bits per heavy atom. The van der Waals surface area contributed by atoms with Gasteiger partial charge in [0, 0.05) is 11.2 Å². The second-order valence-electron chi connectivity index (χ2n) is 5.00. The van der Waals surface area contributed by atoms with E-state index in [2.05, 4.69) is 23.3 Å². The van der Waals surface area contributed by atoms with E-state index in [0.29, 0.717) is 0 Å². The summed E-state index contributed by atoms with van der Waals surface area (Å²) in [7, 11) is 1.65. The molecule has 0 aliphatic rings. The van der Waals surface area contributed by atoms with Gasteiger partial charge in [0.05, 0.1) is 19.3 Å². The Kier molecular flexibility index (Phi) is 5.59. The van der Waals surface area contributed by atoms with E-state index >= 15 is 0 Å². The van der Waals surface area contributed by atoms with E-state index in [1.54, 1.807) is 13.3 Å². The van der Waals surface area contributed by atoms with Gasteiger partial charge >= 0.3 is 0 Å². The van der Waals surface area contributed by atoms with Gasteiger partial charge in [0.25, 0.3) is 0 Å². The SMILES string of the molecule is CCCNC(c1cncc(OC)c1)c1cccc(Cl)c1C. The summed E-state index contributed by atoms with van der Waals surface area (Å²) in [6, 6.07) is 8.08. The van der Waals surface area contributed by atoms with Crippen LogP contribution in [0.25, 0.3) is 0 Å². The smallest absolute Gasteiger partial charge is 0.137 e. The van der Waals surface area contributed by atoms with Crippen LogP contribution >= 0.6 is 11.6 Å². The number of hydrogen-bond acceptors (Lipinski definition) is 3. The van der Waals surface area contributed by atoms with Crippen molar-refractivity contribution in [3.8, 4) is 5.75 Å². The molecule has 0 amide bonds. The van der Waals surface area contributed by atoms with Gasteiger partial charge in [-0.15, -0.1) is 0 Å². The molecule has 1 heterocycles. The van der Waals surface area contributed by atoms with Crippen LogP contribution in [0.1, 0.15) is 36.1 Å². The Hall–Kier alpha value is -1.58. The van der Waals surface area contributed by atoms with Crippen molar-refractivity contribution in [3.05, 3.63) is 58.4 Å². The number of nitrogens with one attached hydrogen (secondary N) is 1. The minimum absolute atomic E-state index is 0.0613. The molecular formula is C17H21ClN2O. The lowest BCUT2D eigenvalue weighted by Crippen LogP contribution is -2.24. The van der Waals surface area contributed by atoms with Crippen molar-refractivity contribution >= 4 is 11.6 Å². The normalized spacial score (nSPS) is 12.2. The van der Waals surface area contributed by atoms with E-state index in [1.807, 2.05) is 31.3 Å². The van der Waals surface area contributed by atoms with Gasteiger partial charge in [0.2, 0.25) is 0 Å². The molecule has 0 fully saturated rings. The first-order chi connectivity index (χ1) is 10.2. The fourth-order valence-electron chi connectivity index (χ4n) is 2.34. The number of ether oxygens (including phenoxy) is 1. The molecule has 0 bridgehead atoms. The molecule has 0 saturated carbocycles. The van der Waals surface area contributed by atoms with Crippen LogP contribution in [0.15, 0.2) is 36.7 Å². The first-order valence-electron chi connectivity index (χ1n) is 7.14. The third kappa shape index (κ3) is 3.74. The van der Waals surface area contributed by atoms with E-state index < -0.39 is 0 Å². The molecule has 1 atom stereocenters. The predicted molar refractivity (Wildman–Crippen MR) is 87.1 cm³/mol. The second kappa shape index (κ2) is 7.43. The van der Waals surface area contributed by atoms with Gasteiger partial charge in [0.1, 0.15) is 5.75 Å². The lowest BCUT2D eigenvalue weighted by molar-refractivity contribution is 0.411. The highest BCUT2D eigenvalue weighted by atomic mass is 35.5. The maximum atomic E-state index is 6.27. The molecule has 21 heavy (non-hydrogen) atoms. The van der Waals surface area contributed by atoms with Crippen molar-refractivity contribution in [1.29, 1.82) is 0 Å². The molecule has 0 saturated heterocycles. The Bertz CT molecular complexity index is 601. The summed E-state index contributed by atoms with van der Waals surface area (Å²) < 4.78 is 5.28. The predicted octanol–water partition coefficient (Wildman–Crippen LogP) is 4.14. The summed E-state index contributed by atoms with van der Waals surface area (Å²) in [5, 5.41) is 4.35. The van der Waals surface area contributed by atoms with Gasteiger partial charge in [0.15, 0.2) is 0 Å². The third-order valence-electron chi connectivity index (χ3n) is 3.52. The summed E-state index contributed by atoms with van der Waals surface area (Å²) in [4.78, 5) is 4.26. The maximum Gasteiger partial charge on any atom is 0.137 e. The molecule has 1 aromatic carbocycles. The highest BCUT2D eigenvalue weighted by Gasteiger charge is 2.17. The van der Waals surface area contributed by atoms with Crippen molar-refractivity contribution in [2.24, 2.45) is 0 Å². The fourth-order valence-corrected chi connectivity index (χ4v) is 2.52. The van der Waals surface area contributed by atoms with Gasteiger partial charge < -0.3 is 10.1 Å². The van der Waals surface area contributed by atoms with E-state index in [9.17, 15) is 0 Å². The van der Waals surface area contributed by atoms with Crippen LogP contribution in [-0.2, 0) is 0 Å². The molecule has 1 N–H and O–H groups in total. The highest BCUT2D eigenvalue weighted by molar-refractivity contribution is 6.31. The molecule has 0 radical (unpaired) electrons. The van der Waals surface area contributed by atoms with Crippen LogP contribution in [0, 0.1) is 6.92 Å². The largest absolute Gasteiger partial charge is 0.495 e. The summed E-state index contributed by atoms with van der Waals surface area (Å²) >= 11 is 6.27. The maximum absolute atomic E-state index is 6.27. The Labute approximate surface area is 131 Å². The summed E-state index contributed by atoms with van der Waals surface area (Å²) in [6.45, 7) is 5.12. The van der Waals surface area contributed by atoms with Gasteiger partial charge in [-0.3, -0.25) is 4.98 Å². The molecule has 0 aliphatic heterocycles. The lowest BCUT2D eigenvalue weighted by Gasteiger charge is -2.22. The zero-order valence-electron chi connectivity index (χ0n) is 12.7. The molecule has 2 aromatic rings. The van der Waals surface area contributed by atoms with Crippen LogP contribution in [-0.4, -0.2) is 18.6 Å². The minimum Gasteiger partial charge on any atom is -0.495 e. The van der Waals surface area contributed by atoms with Crippen molar-refractivity contribution in [1.82, 2.24) is 10.3 Å². The van der Waals surface area contributed by atoms with Crippen LogP contribution in [0.3, 0.4) is 0 Å². The summed E-state index contributed by atoms with van der Waals surface area (Å²) in [6.07, 6.45) is 4.65. The van der Waals surface area contributed by atoms with Gasteiger partial charge in [-0.2, -0.15) is 0 Å². The zero-order chi connectivity index (χ0) is 15.2. The molecule has 1 aromatic heterocycles. The minimum atomic E-state index is 0.0613. The molecule has 1 unspecified atom stereocenters. The van der Waals surface area contributed by atoms with Crippen LogP contribution in [0.4, 0.5) is 0 Å². The van der Waals surface area contributed by atoms with Gasteiger partial charge in [-0.25, -0.2) is 0 Å². The Morgan fingerprint density at radius 1 is 1.33 bits per heavy atom. The average Bonchev–Trinajstić information content (AvgIpc) is 2.52. The fraction of sp³-hybridized carbons (Fsp3) is 0.353. The second-order valence-corrected chi connectivity index (χ2v) is 5.41.